The number of carboxylic acid groups (broad SMARTS) is 1. The lowest BCUT2D eigenvalue weighted by molar-refractivity contribution is -0.153. The zero-order valence-corrected chi connectivity index (χ0v) is 18.3. The highest BCUT2D eigenvalue weighted by molar-refractivity contribution is 5.72. The second-order valence-corrected chi connectivity index (χ2v) is 9.68. The molecule has 1 aromatic rings. The van der Waals surface area contributed by atoms with E-state index < -0.39 is 5.97 Å². The van der Waals surface area contributed by atoms with Crippen molar-refractivity contribution in [1.82, 2.24) is 0 Å². The van der Waals surface area contributed by atoms with Gasteiger partial charge in [-0.15, -0.1) is 0 Å². The SMILES string of the molecule is C[C@@H](CC[C@@H]1[C@H]2Cc3cccc(OCC(=O)O)c3C[C@H]2C[C@H]1O)OC(=O)C1CCCC1. The van der Waals surface area contributed by atoms with E-state index in [1.54, 1.807) is 0 Å². The summed E-state index contributed by atoms with van der Waals surface area (Å²) in [5, 5.41) is 19.7. The number of carbonyl (C=O) groups excluding carboxylic acids is 1. The molecule has 3 aliphatic rings. The molecule has 0 spiro atoms. The molecule has 5 atom stereocenters. The largest absolute Gasteiger partial charge is 0.482 e. The minimum Gasteiger partial charge on any atom is -0.482 e. The Morgan fingerprint density at radius 3 is 2.71 bits per heavy atom. The molecule has 2 fully saturated rings. The zero-order chi connectivity index (χ0) is 22.0. The van der Waals surface area contributed by atoms with E-state index in [4.69, 9.17) is 14.6 Å². The lowest BCUT2D eigenvalue weighted by Crippen LogP contribution is -2.28. The van der Waals surface area contributed by atoms with Gasteiger partial charge in [-0.05, 0) is 86.8 Å². The van der Waals surface area contributed by atoms with E-state index in [-0.39, 0.29) is 36.6 Å². The van der Waals surface area contributed by atoms with Gasteiger partial charge >= 0.3 is 11.9 Å². The van der Waals surface area contributed by atoms with Crippen LogP contribution in [0.1, 0.15) is 63.0 Å². The number of carboxylic acids is 1. The summed E-state index contributed by atoms with van der Waals surface area (Å²) < 4.78 is 11.2. The molecule has 31 heavy (non-hydrogen) atoms. The summed E-state index contributed by atoms with van der Waals surface area (Å²) in [6.07, 6.45) is 7.77. The number of aliphatic hydroxyl groups excluding tert-OH is 1. The van der Waals surface area contributed by atoms with Crippen LogP contribution in [-0.4, -0.2) is 41.0 Å². The van der Waals surface area contributed by atoms with Crippen molar-refractivity contribution < 1.29 is 29.3 Å². The number of carbonyl (C=O) groups is 2. The third-order valence-electron chi connectivity index (χ3n) is 7.61. The van der Waals surface area contributed by atoms with Gasteiger partial charge in [-0.1, -0.05) is 25.0 Å². The summed E-state index contributed by atoms with van der Waals surface area (Å²) in [7, 11) is 0. The van der Waals surface area contributed by atoms with Gasteiger partial charge in [0.2, 0.25) is 0 Å². The van der Waals surface area contributed by atoms with Gasteiger partial charge in [-0.25, -0.2) is 4.79 Å². The number of aliphatic hydroxyl groups is 1. The highest BCUT2D eigenvalue weighted by Gasteiger charge is 2.45. The van der Waals surface area contributed by atoms with Crippen LogP contribution < -0.4 is 4.74 Å². The molecule has 0 amide bonds. The fraction of sp³-hybridized carbons (Fsp3) is 0.680. The molecule has 4 rings (SSSR count). The van der Waals surface area contributed by atoms with E-state index in [0.717, 1.165) is 63.4 Å². The summed E-state index contributed by atoms with van der Waals surface area (Å²) in [5.74, 6) is 0.684. The molecule has 1 aromatic carbocycles. The van der Waals surface area contributed by atoms with Crippen molar-refractivity contribution in [2.45, 2.75) is 76.9 Å². The van der Waals surface area contributed by atoms with E-state index in [9.17, 15) is 14.7 Å². The minimum atomic E-state index is -0.981. The predicted octanol–water partition coefficient (Wildman–Crippen LogP) is 3.76. The fourth-order valence-corrected chi connectivity index (χ4v) is 6.02. The van der Waals surface area contributed by atoms with E-state index in [2.05, 4.69) is 6.07 Å². The first-order valence-corrected chi connectivity index (χ1v) is 11.8. The van der Waals surface area contributed by atoms with Crippen LogP contribution in [0, 0.1) is 23.7 Å². The minimum absolute atomic E-state index is 0.0460. The van der Waals surface area contributed by atoms with E-state index in [1.807, 2.05) is 19.1 Å². The van der Waals surface area contributed by atoms with Gasteiger partial charge in [-0.2, -0.15) is 0 Å². The van der Waals surface area contributed by atoms with Crippen molar-refractivity contribution in [2.75, 3.05) is 6.61 Å². The molecular weight excluding hydrogens is 396 g/mol. The van der Waals surface area contributed by atoms with Gasteiger partial charge < -0.3 is 19.7 Å². The molecule has 2 N–H and O–H groups in total. The van der Waals surface area contributed by atoms with Crippen LogP contribution in [0.15, 0.2) is 18.2 Å². The van der Waals surface area contributed by atoms with Crippen molar-refractivity contribution in [3.05, 3.63) is 29.3 Å². The second kappa shape index (κ2) is 9.60. The first kappa shape index (κ1) is 22.1. The maximum atomic E-state index is 12.3. The van der Waals surface area contributed by atoms with Crippen molar-refractivity contribution in [3.63, 3.8) is 0 Å². The number of ether oxygens (including phenoxy) is 2. The number of aliphatic carboxylic acids is 1. The first-order chi connectivity index (χ1) is 14.9. The zero-order valence-electron chi connectivity index (χ0n) is 18.3. The molecule has 6 heteroatoms. The van der Waals surface area contributed by atoms with Gasteiger partial charge in [0.15, 0.2) is 6.61 Å². The summed E-state index contributed by atoms with van der Waals surface area (Å²) in [6.45, 7) is 1.63. The number of hydrogen-bond donors (Lipinski definition) is 2. The Kier molecular flexibility index (Phi) is 6.85. The second-order valence-electron chi connectivity index (χ2n) is 9.68. The highest BCUT2D eigenvalue weighted by Crippen LogP contribution is 2.48. The normalized spacial score (nSPS) is 28.6. The van der Waals surface area contributed by atoms with Gasteiger partial charge in [0.1, 0.15) is 5.75 Å². The first-order valence-electron chi connectivity index (χ1n) is 11.8. The van der Waals surface area contributed by atoms with Crippen molar-refractivity contribution in [1.29, 1.82) is 0 Å². The standard InChI is InChI=1S/C25H34O6/c1-15(31-25(29)16-5-2-3-6-16)9-10-19-20-11-17-7-4-8-23(30-14-24(27)28)21(17)12-18(20)13-22(19)26/h4,7-8,15-16,18-20,22,26H,2-3,5-6,9-14H2,1H3,(H,27,28)/t15-,18-,19+,20-,22+/m0/s1. The molecule has 0 saturated heterocycles. The molecule has 6 nitrogen and oxygen atoms in total. The van der Waals surface area contributed by atoms with Gasteiger partial charge in [0.25, 0.3) is 0 Å². The fourth-order valence-electron chi connectivity index (χ4n) is 6.02. The maximum Gasteiger partial charge on any atom is 0.341 e. The van der Waals surface area contributed by atoms with Crippen molar-refractivity contribution >= 4 is 11.9 Å². The number of esters is 1. The van der Waals surface area contributed by atoms with Crippen LogP contribution in [0.2, 0.25) is 0 Å². The molecule has 3 aliphatic carbocycles. The smallest absolute Gasteiger partial charge is 0.341 e. The molecule has 0 aromatic heterocycles. The molecule has 0 radical (unpaired) electrons. The summed E-state index contributed by atoms with van der Waals surface area (Å²) in [6, 6.07) is 5.85. The third-order valence-corrected chi connectivity index (χ3v) is 7.61. The van der Waals surface area contributed by atoms with Gasteiger partial charge in [-0.3, -0.25) is 4.79 Å². The van der Waals surface area contributed by atoms with Gasteiger partial charge in [0, 0.05) is 0 Å². The molecule has 0 heterocycles. The van der Waals surface area contributed by atoms with Crippen LogP contribution >= 0.6 is 0 Å². The van der Waals surface area contributed by atoms with Crippen LogP contribution in [0.3, 0.4) is 0 Å². The Hall–Kier alpha value is -2.08. The third kappa shape index (κ3) is 5.05. The maximum absolute atomic E-state index is 12.3. The number of rotatable bonds is 8. The van der Waals surface area contributed by atoms with Crippen LogP contribution in [0.25, 0.3) is 0 Å². The topological polar surface area (TPSA) is 93.1 Å². The molecule has 2 saturated carbocycles. The van der Waals surface area contributed by atoms with Gasteiger partial charge in [0.05, 0.1) is 18.1 Å². The lowest BCUT2D eigenvalue weighted by atomic mass is 9.73. The van der Waals surface area contributed by atoms with Crippen LogP contribution in [0.4, 0.5) is 0 Å². The quantitative estimate of drug-likeness (QED) is 0.610. The number of fused-ring (bicyclic) bond motifs is 2. The monoisotopic (exact) mass is 430 g/mol. The van der Waals surface area contributed by atoms with E-state index in [0.29, 0.717) is 17.6 Å². The number of benzene rings is 1. The van der Waals surface area contributed by atoms with Crippen molar-refractivity contribution in [3.8, 4) is 5.75 Å². The van der Waals surface area contributed by atoms with Crippen LogP contribution in [-0.2, 0) is 27.2 Å². The Labute approximate surface area is 183 Å². The van der Waals surface area contributed by atoms with E-state index in [1.165, 1.54) is 5.56 Å². The average Bonchev–Trinajstić information content (AvgIpc) is 3.37. The summed E-state index contributed by atoms with van der Waals surface area (Å²) >= 11 is 0. The van der Waals surface area contributed by atoms with Crippen LogP contribution in [0.5, 0.6) is 5.75 Å². The van der Waals surface area contributed by atoms with E-state index >= 15 is 0 Å². The summed E-state index contributed by atoms with van der Waals surface area (Å²) in [4.78, 5) is 23.2. The Balaban J connectivity index is 1.36. The molecule has 0 unspecified atom stereocenters. The summed E-state index contributed by atoms with van der Waals surface area (Å²) in [5.41, 5.74) is 2.29. The predicted molar refractivity (Wildman–Crippen MR) is 115 cm³/mol. The Morgan fingerprint density at radius 2 is 1.97 bits per heavy atom. The lowest BCUT2D eigenvalue weighted by Gasteiger charge is -2.32. The molecule has 0 bridgehead atoms. The Bertz CT molecular complexity index is 799. The molecule has 0 aliphatic heterocycles. The number of hydrogen-bond acceptors (Lipinski definition) is 5. The molecule has 170 valence electrons. The molecular formula is C25H34O6. The average molecular weight is 431 g/mol. The Morgan fingerprint density at radius 1 is 1.19 bits per heavy atom. The highest BCUT2D eigenvalue weighted by atomic mass is 16.5. The van der Waals surface area contributed by atoms with Crippen molar-refractivity contribution in [2.24, 2.45) is 23.7 Å².